The van der Waals surface area contributed by atoms with Gasteiger partial charge >= 0.3 is 10.5 Å². The minimum atomic E-state index is -5.25. The molecule has 1 aliphatic rings. The Hall–Kier alpha value is -2.34. The number of hydrogen-bond donors (Lipinski definition) is 3. The van der Waals surface area contributed by atoms with E-state index in [0.29, 0.717) is 11.4 Å². The molecule has 1 aliphatic heterocycles. The van der Waals surface area contributed by atoms with E-state index in [-0.39, 0.29) is 58.4 Å². The minimum Gasteiger partial charge on any atom is -0.506 e. The van der Waals surface area contributed by atoms with Crippen molar-refractivity contribution in [2.75, 3.05) is 37.6 Å². The standard InChI is InChI=1S/C22H24ClFN5O5PS.2ClH/c1-29-7-6-13-9-19(30)18(8-14(13)12-29)27-22-25-11-16(23)21(28-22)26-17-5-4-15(34-36(24,32)33)10-20(17)35(2,3)31;;/h4-5,8-11,30H,6-7,12H2,1-3H3,(H2,25,26,27,28);2*1H. The molecule has 1 aromatic heterocycles. The molecule has 2 heterocycles. The van der Waals surface area contributed by atoms with E-state index >= 15 is 0 Å². The van der Waals surface area contributed by atoms with E-state index in [4.69, 9.17) is 11.6 Å². The van der Waals surface area contributed by atoms with Crippen LogP contribution >= 0.6 is 43.6 Å². The molecule has 0 fully saturated rings. The number of anilines is 4. The second-order valence-corrected chi connectivity index (χ2v) is 13.3. The molecule has 10 nitrogen and oxygen atoms in total. The molecule has 0 aliphatic carbocycles. The smallest absolute Gasteiger partial charge is 0.488 e. The first-order valence-corrected chi connectivity index (χ1v) is 15.0. The number of phenolic OH excluding ortho intramolecular Hbond substituents is 1. The molecule has 0 atom stereocenters. The molecule has 0 radical (unpaired) electrons. The highest BCUT2D eigenvalue weighted by molar-refractivity contribution is 7.81. The van der Waals surface area contributed by atoms with Gasteiger partial charge in [-0.25, -0.2) is 4.98 Å². The van der Waals surface area contributed by atoms with Crippen molar-refractivity contribution in [2.24, 2.45) is 0 Å². The fourth-order valence-corrected chi connectivity index (χ4v) is 5.45. The zero-order chi connectivity index (χ0) is 26.3. The van der Waals surface area contributed by atoms with Gasteiger partial charge in [0.25, 0.3) is 0 Å². The molecule has 0 saturated carbocycles. The fraction of sp³-hybridized carbons (Fsp3) is 0.273. The molecule has 3 aromatic rings. The number of nitrogens with zero attached hydrogens (tertiary/aromatic N) is 3. The third kappa shape index (κ3) is 7.84. The number of hydrogen-bond acceptors (Lipinski definition) is 10. The second-order valence-electron chi connectivity index (χ2n) is 8.77. The van der Waals surface area contributed by atoms with E-state index in [1.807, 2.05) is 13.1 Å². The number of benzene rings is 2. The van der Waals surface area contributed by atoms with Crippen molar-refractivity contribution in [3.05, 3.63) is 52.7 Å². The van der Waals surface area contributed by atoms with E-state index in [1.165, 1.54) is 37.7 Å². The van der Waals surface area contributed by atoms with Gasteiger partial charge in [0, 0.05) is 18.4 Å². The van der Waals surface area contributed by atoms with Gasteiger partial charge < -0.3 is 29.4 Å². The van der Waals surface area contributed by atoms with Crippen LogP contribution in [0.25, 0.3) is 0 Å². The van der Waals surface area contributed by atoms with Crippen LogP contribution in [0.4, 0.5) is 27.0 Å². The largest absolute Gasteiger partial charge is 0.506 e. The number of halogens is 4. The summed E-state index contributed by atoms with van der Waals surface area (Å²) in [7, 11) is -6.21. The molecule has 16 heteroatoms. The molecular weight excluding hydrogens is 603 g/mol. The van der Waals surface area contributed by atoms with Crippen molar-refractivity contribution in [3.63, 3.8) is 0 Å². The monoisotopic (exact) mass is 627 g/mol. The maximum absolute atomic E-state index is 13.0. The summed E-state index contributed by atoms with van der Waals surface area (Å²) in [6, 6.07) is 7.34. The predicted molar refractivity (Wildman–Crippen MR) is 152 cm³/mol. The van der Waals surface area contributed by atoms with Crippen LogP contribution in [0.1, 0.15) is 11.1 Å². The maximum atomic E-state index is 13.0. The summed E-state index contributed by atoms with van der Waals surface area (Å²) in [6.07, 6.45) is 2.19. The third-order valence-electron chi connectivity index (χ3n) is 5.51. The molecule has 0 bridgehead atoms. The van der Waals surface area contributed by atoms with Gasteiger partial charge in [0.05, 0.1) is 17.6 Å². The number of aromatic hydroxyl groups is 1. The summed E-state index contributed by atoms with van der Waals surface area (Å²) in [6.45, 7) is 4.59. The molecule has 0 spiro atoms. The van der Waals surface area contributed by atoms with Gasteiger partial charge in [-0.05, 0) is 68.3 Å². The number of aromatic nitrogens is 2. The molecule has 0 unspecified atom stereocenters. The summed E-state index contributed by atoms with van der Waals surface area (Å²) in [4.78, 5) is 10.7. The number of rotatable bonds is 7. The summed E-state index contributed by atoms with van der Waals surface area (Å²) in [5.41, 5.74) is 2.90. The average Bonchev–Trinajstić information content (AvgIpc) is 2.76. The van der Waals surface area contributed by atoms with Crippen molar-refractivity contribution in [1.29, 1.82) is 0 Å². The van der Waals surface area contributed by atoms with Crippen LogP contribution in [-0.2, 0) is 28.0 Å². The van der Waals surface area contributed by atoms with Crippen LogP contribution < -0.4 is 20.1 Å². The first-order chi connectivity index (χ1) is 16.8. The van der Waals surface area contributed by atoms with Gasteiger partial charge in [-0.2, -0.15) is 13.4 Å². The zero-order valence-electron chi connectivity index (χ0n) is 20.4. The number of phenols is 1. The predicted octanol–water partition coefficient (Wildman–Crippen LogP) is 5.00. The van der Waals surface area contributed by atoms with Crippen LogP contribution in [0.15, 0.2) is 36.5 Å². The van der Waals surface area contributed by atoms with Crippen molar-refractivity contribution in [1.82, 2.24) is 14.9 Å². The lowest BCUT2D eigenvalue weighted by atomic mass is 9.99. The van der Waals surface area contributed by atoms with E-state index in [1.54, 1.807) is 6.07 Å². The first-order valence-electron chi connectivity index (χ1n) is 10.7. The topological polar surface area (TPSA) is 134 Å². The molecule has 3 N–H and O–H groups in total. The molecule has 0 amide bonds. The zero-order valence-corrected chi connectivity index (χ0v) is 24.5. The Morgan fingerprint density at radius 1 is 1.13 bits per heavy atom. The lowest BCUT2D eigenvalue weighted by Crippen LogP contribution is -2.26. The van der Waals surface area contributed by atoms with Gasteiger partial charge in [0.1, 0.15) is 23.7 Å². The highest BCUT2D eigenvalue weighted by atomic mass is 35.5. The normalized spacial score (nSPS) is 13.5. The quantitative estimate of drug-likeness (QED) is 0.187. The Morgan fingerprint density at radius 2 is 1.84 bits per heavy atom. The summed E-state index contributed by atoms with van der Waals surface area (Å²) < 4.78 is 51.8. The van der Waals surface area contributed by atoms with E-state index in [0.717, 1.165) is 30.6 Å². The highest BCUT2D eigenvalue weighted by Crippen LogP contribution is 2.40. The SMILES string of the molecule is CN1CCc2cc(O)c(Nc3ncc(Cl)c(Nc4ccc(OS(=O)(=O)F)cc4P(C)(C)=O)n3)cc2C1.Cl.Cl. The van der Waals surface area contributed by atoms with Crippen molar-refractivity contribution in [2.45, 2.75) is 13.0 Å². The second kappa shape index (κ2) is 12.2. The van der Waals surface area contributed by atoms with Crippen LogP contribution in [0.2, 0.25) is 5.02 Å². The molecule has 4 rings (SSSR count). The Balaban J connectivity index is 0.00000253. The Kier molecular flexibility index (Phi) is 10.3. The Labute approximate surface area is 237 Å². The van der Waals surface area contributed by atoms with Crippen LogP contribution in [0.3, 0.4) is 0 Å². The van der Waals surface area contributed by atoms with E-state index < -0.39 is 17.6 Å². The summed E-state index contributed by atoms with van der Waals surface area (Å²) in [5.74, 6) is 0.0342. The van der Waals surface area contributed by atoms with Gasteiger partial charge in [-0.1, -0.05) is 15.5 Å². The van der Waals surface area contributed by atoms with Crippen LogP contribution in [-0.4, -0.2) is 55.3 Å². The first kappa shape index (κ1) is 31.9. The van der Waals surface area contributed by atoms with Gasteiger partial charge in [-0.15, -0.1) is 24.8 Å². The number of nitrogens with one attached hydrogen (secondary N) is 2. The van der Waals surface area contributed by atoms with Crippen molar-refractivity contribution < 1.29 is 26.2 Å². The van der Waals surface area contributed by atoms with Gasteiger partial charge in [0.2, 0.25) is 5.95 Å². The van der Waals surface area contributed by atoms with Crippen molar-refractivity contribution >= 4 is 82.5 Å². The fourth-order valence-electron chi connectivity index (χ4n) is 3.83. The Bertz CT molecular complexity index is 1490. The highest BCUT2D eigenvalue weighted by Gasteiger charge is 2.21. The van der Waals surface area contributed by atoms with E-state index in [9.17, 15) is 22.0 Å². The summed E-state index contributed by atoms with van der Waals surface area (Å²) >= 11 is 6.28. The number of likely N-dealkylation sites (N-methyl/N-ethyl adjacent to an activating group) is 1. The maximum Gasteiger partial charge on any atom is 0.488 e. The number of fused-ring (bicyclic) bond motifs is 1. The van der Waals surface area contributed by atoms with Crippen LogP contribution in [0, 0.1) is 0 Å². The molecule has 0 saturated heterocycles. The molecular formula is C22H26Cl3FN5O5PS. The van der Waals surface area contributed by atoms with Crippen molar-refractivity contribution in [3.8, 4) is 11.5 Å². The van der Waals surface area contributed by atoms with Gasteiger partial charge in [-0.3, -0.25) is 0 Å². The average molecular weight is 629 g/mol. The van der Waals surface area contributed by atoms with E-state index in [2.05, 4.69) is 29.7 Å². The molecule has 38 heavy (non-hydrogen) atoms. The van der Waals surface area contributed by atoms with Gasteiger partial charge in [0.15, 0.2) is 5.82 Å². The molecule has 2 aromatic carbocycles. The molecule has 208 valence electrons. The van der Waals surface area contributed by atoms with Crippen LogP contribution in [0.5, 0.6) is 11.5 Å². The summed E-state index contributed by atoms with van der Waals surface area (Å²) in [5, 5.41) is 16.8. The lowest BCUT2D eigenvalue weighted by Gasteiger charge is -2.25. The lowest BCUT2D eigenvalue weighted by molar-refractivity contribution is 0.312. The Morgan fingerprint density at radius 3 is 2.50 bits per heavy atom. The third-order valence-corrected chi connectivity index (χ3v) is 7.71. The minimum absolute atomic E-state index is 0.